The van der Waals surface area contributed by atoms with Crippen molar-refractivity contribution in [2.45, 2.75) is 131 Å². The highest BCUT2D eigenvalue weighted by Crippen LogP contribution is 2.52. The van der Waals surface area contributed by atoms with E-state index in [4.69, 9.17) is 35.2 Å². The van der Waals surface area contributed by atoms with E-state index in [0.29, 0.717) is 47.6 Å². The Morgan fingerprint density at radius 1 is 0.976 bits per heavy atom. The third kappa shape index (κ3) is 11.0. The molecule has 13 atom stereocenters. The topological polar surface area (TPSA) is 351 Å². The molecule has 3 bridgehead atoms. The van der Waals surface area contributed by atoms with Crippen molar-refractivity contribution in [3.63, 3.8) is 0 Å². The van der Waals surface area contributed by atoms with Gasteiger partial charge in [-0.15, -0.1) is 0 Å². The van der Waals surface area contributed by atoms with Crippen LogP contribution >= 0.6 is 0 Å². The first-order chi connectivity index (χ1) is 39.7. The number of carbonyl (C=O) groups is 4. The normalized spacial score (nSPS) is 30.6. The molecule has 0 spiro atoms. The van der Waals surface area contributed by atoms with Crippen molar-refractivity contribution in [3.05, 3.63) is 111 Å². The number of ketones is 2. The minimum Gasteiger partial charge on any atom is -0.486 e. The van der Waals surface area contributed by atoms with Crippen LogP contribution in [0, 0.1) is 23.7 Å². The van der Waals surface area contributed by atoms with Crippen LogP contribution in [0.4, 0.5) is 5.69 Å². The number of para-hydroxylation sites is 1. The van der Waals surface area contributed by atoms with Crippen LogP contribution in [0.15, 0.2) is 71.6 Å². The van der Waals surface area contributed by atoms with Gasteiger partial charge >= 0.3 is 0 Å². The van der Waals surface area contributed by atoms with Gasteiger partial charge in [-0.3, -0.25) is 30.8 Å². The Labute approximate surface area is 473 Å². The zero-order valence-corrected chi connectivity index (χ0v) is 45.3. The Balaban J connectivity index is 1.11. The number of hydrogen-bond acceptors (Lipinski definition) is 22. The number of anilines is 1. The number of dihydropyridines is 1. The van der Waals surface area contributed by atoms with Crippen molar-refractivity contribution >= 4 is 29.4 Å². The van der Waals surface area contributed by atoms with Gasteiger partial charge in [-0.2, -0.15) is 0 Å². The Hall–Kier alpha value is -6.34. The summed E-state index contributed by atoms with van der Waals surface area (Å²) in [5, 5.41) is 86.1. The number of carbonyl (C=O) groups excluding carboxylic acids is 4. The average molecular weight is 1130 g/mol. The molecule has 11 rings (SSSR count). The molecule has 438 valence electrons. The SMILES string of the molecule is NC1=C(CNC2CCCC2)C([C@@H](CO)CO[C@@H]2[C@H]3Oc4c(cc5c(c4OC[C@H](O)CC=O)C(=O)c4cc(CO)ccc4C5=O)[C@H](c4ccccc4N4CN[C@H]5C(=O)N[C@@H](N)N[C@H]54)[C@H]4CC[C@@H](O)CC#C[C@](O)([C@H](COC4)O3)[C@H]2O)=CCN1. The van der Waals surface area contributed by atoms with Crippen LogP contribution in [-0.2, 0) is 30.4 Å². The number of fused-ring (bicyclic) bond motifs is 8. The van der Waals surface area contributed by atoms with Gasteiger partial charge in [0.05, 0.1) is 57.5 Å². The summed E-state index contributed by atoms with van der Waals surface area (Å²) in [5.74, 6) is 1.57. The molecule has 0 unspecified atom stereocenters. The van der Waals surface area contributed by atoms with Crippen molar-refractivity contribution < 1.29 is 73.5 Å². The predicted octanol–water partition coefficient (Wildman–Crippen LogP) is -0.945. The van der Waals surface area contributed by atoms with E-state index in [1.54, 1.807) is 12.1 Å². The summed E-state index contributed by atoms with van der Waals surface area (Å²) in [5.41, 5.74) is 13.2. The fraction of sp³-hybridized carbons (Fsp3) is 0.525. The Bertz CT molecular complexity index is 3070. The first-order valence-electron chi connectivity index (χ1n) is 28.3. The Morgan fingerprint density at radius 2 is 1.79 bits per heavy atom. The van der Waals surface area contributed by atoms with E-state index in [2.05, 4.69) is 38.4 Å². The molecule has 3 aromatic rings. The van der Waals surface area contributed by atoms with E-state index in [0.717, 1.165) is 31.3 Å². The largest absolute Gasteiger partial charge is 0.486 e. The molecule has 6 aliphatic heterocycles. The third-order valence-corrected chi connectivity index (χ3v) is 17.2. The van der Waals surface area contributed by atoms with Crippen molar-refractivity contribution in [3.8, 4) is 23.3 Å². The molecule has 0 aromatic heterocycles. The molecule has 2 aliphatic carbocycles. The molecule has 6 heterocycles. The molecule has 4 fully saturated rings. The van der Waals surface area contributed by atoms with Gasteiger partial charge in [-0.1, -0.05) is 55.0 Å². The van der Waals surface area contributed by atoms with Crippen LogP contribution in [0.25, 0.3) is 0 Å². The molecule has 23 nitrogen and oxygen atoms in total. The fourth-order valence-corrected chi connectivity index (χ4v) is 12.9. The highest BCUT2D eigenvalue weighted by atomic mass is 16.7. The molecule has 3 aromatic carbocycles. The van der Waals surface area contributed by atoms with Gasteiger partial charge in [-0.05, 0) is 72.6 Å². The zero-order chi connectivity index (χ0) is 57.4. The second-order valence-electron chi connectivity index (χ2n) is 22.4. The molecular weight excluding hydrogens is 1060 g/mol. The van der Waals surface area contributed by atoms with Crippen LogP contribution in [0.1, 0.15) is 106 Å². The molecule has 0 radical (unpaired) electrons. The lowest BCUT2D eigenvalue weighted by atomic mass is 9.74. The predicted molar refractivity (Wildman–Crippen MR) is 294 cm³/mol. The van der Waals surface area contributed by atoms with E-state index in [1.807, 2.05) is 35.2 Å². The van der Waals surface area contributed by atoms with Crippen LogP contribution < -0.4 is 52.4 Å². The maximum Gasteiger partial charge on any atom is 0.242 e. The van der Waals surface area contributed by atoms with Crippen LogP contribution in [0.2, 0.25) is 0 Å². The quantitative estimate of drug-likeness (QED) is 0.0475. The van der Waals surface area contributed by atoms with Gasteiger partial charge in [-0.25, -0.2) is 0 Å². The number of aldehydes is 1. The number of aliphatic hydroxyl groups excluding tert-OH is 5. The highest BCUT2D eigenvalue weighted by molar-refractivity contribution is 6.29. The van der Waals surface area contributed by atoms with Crippen molar-refractivity contribution in [2.24, 2.45) is 23.3 Å². The second kappa shape index (κ2) is 24.5. The summed E-state index contributed by atoms with van der Waals surface area (Å²) < 4.78 is 33.9. The lowest BCUT2D eigenvalue weighted by Crippen LogP contribution is -2.70. The minimum absolute atomic E-state index is 0.0374. The van der Waals surface area contributed by atoms with E-state index >= 15 is 9.59 Å². The van der Waals surface area contributed by atoms with Crippen LogP contribution in [-0.4, -0.2) is 174 Å². The molecular formula is C59H72N8O15. The number of ether oxygens (including phenoxy) is 5. The van der Waals surface area contributed by atoms with Gasteiger partial charge in [0.15, 0.2) is 28.7 Å². The number of amides is 1. The van der Waals surface area contributed by atoms with E-state index in [9.17, 15) is 40.2 Å². The number of hydrogen-bond donors (Lipinski definition) is 13. The minimum atomic E-state index is -2.45. The molecule has 23 heteroatoms. The highest BCUT2D eigenvalue weighted by Gasteiger charge is 2.58. The van der Waals surface area contributed by atoms with Crippen molar-refractivity contribution in [2.75, 3.05) is 57.7 Å². The number of benzene rings is 3. The fourth-order valence-electron chi connectivity index (χ4n) is 12.9. The monoisotopic (exact) mass is 1130 g/mol. The molecule has 8 aliphatic rings. The standard InChI is InChI=1S/C59H72N8O15/c60-54-42(22-63-33-6-1-2-7-33)36(15-18-62-54)32(24-70)26-79-52-53(75)59(77)17-5-8-34(71)13-12-31-25-78-28-44(59)81-57(52)82-50-41(45(31)38-9-3-4-10-43(38)67-29-64-47-55(67)65-58(61)66-56(47)76)21-40-46(51(50)80-27-35(72)16-19-68)49(74)39-20-30(23-69)11-14-37(39)48(40)73/h3-4,9-11,14-15,19-21,31-35,44-45,47,52-53,55,57-58,62-65,69-72,75,77H,1-2,6-8,12-13,16,18,22-29,60-61H2,(H,66,76)/t31-,32-,34-,35+,44-,45-,47+,52-,53-,55-,57+,58-,59-/m0/s1. The average Bonchev–Trinajstić information content (AvgIpc) is 4.04. The van der Waals surface area contributed by atoms with Crippen molar-refractivity contribution in [1.29, 1.82) is 0 Å². The summed E-state index contributed by atoms with van der Waals surface area (Å²) in [6.07, 6.45) is -4.44. The summed E-state index contributed by atoms with van der Waals surface area (Å²) in [6.45, 7) is -1.35. The van der Waals surface area contributed by atoms with Gasteiger partial charge in [0.2, 0.25) is 12.2 Å². The van der Waals surface area contributed by atoms with E-state index in [-0.39, 0.29) is 103 Å². The summed E-state index contributed by atoms with van der Waals surface area (Å²) in [7, 11) is 0. The number of nitrogens with one attached hydrogen (secondary N) is 5. The van der Waals surface area contributed by atoms with E-state index in [1.165, 1.54) is 12.1 Å². The first-order valence-corrected chi connectivity index (χ1v) is 28.3. The molecule has 1 saturated carbocycles. The van der Waals surface area contributed by atoms with Gasteiger partial charge < -0.3 is 85.7 Å². The maximum absolute atomic E-state index is 15.3. The molecule has 15 N–H and O–H groups in total. The number of rotatable bonds is 16. The number of aliphatic hydroxyl groups is 6. The zero-order valence-electron chi connectivity index (χ0n) is 45.3. The number of nitrogens with zero attached hydrogens (tertiary/aromatic N) is 1. The summed E-state index contributed by atoms with van der Waals surface area (Å²) in [6, 6.07) is 12.9. The van der Waals surface area contributed by atoms with Gasteiger partial charge in [0, 0.05) is 77.3 Å². The number of nitrogens with two attached hydrogens (primary N) is 2. The third-order valence-electron chi connectivity index (χ3n) is 17.2. The molecule has 3 saturated heterocycles. The van der Waals surface area contributed by atoms with Crippen molar-refractivity contribution in [1.82, 2.24) is 26.6 Å². The Kier molecular flexibility index (Phi) is 17.2. The van der Waals surface area contributed by atoms with Crippen LogP contribution in [0.3, 0.4) is 0 Å². The lowest BCUT2D eigenvalue weighted by Gasteiger charge is -2.47. The smallest absolute Gasteiger partial charge is 0.242 e. The lowest BCUT2D eigenvalue weighted by molar-refractivity contribution is -0.309. The maximum atomic E-state index is 15.3. The van der Waals surface area contributed by atoms with Crippen LogP contribution in [0.5, 0.6) is 11.5 Å². The summed E-state index contributed by atoms with van der Waals surface area (Å²) in [4.78, 5) is 57.8. The van der Waals surface area contributed by atoms with E-state index < -0.39 is 110 Å². The second-order valence-corrected chi connectivity index (χ2v) is 22.4. The van der Waals surface area contributed by atoms with Gasteiger partial charge in [0.25, 0.3) is 0 Å². The van der Waals surface area contributed by atoms with Gasteiger partial charge in [0.1, 0.15) is 55.5 Å². The first kappa shape index (κ1) is 57.5. The molecule has 82 heavy (non-hydrogen) atoms. The summed E-state index contributed by atoms with van der Waals surface area (Å²) >= 11 is 0. The molecule has 1 amide bonds. The Morgan fingerprint density at radius 3 is 2.59 bits per heavy atom.